The van der Waals surface area contributed by atoms with Gasteiger partial charge in [0.1, 0.15) is 5.60 Å². The maximum absolute atomic E-state index is 12.8. The molecule has 8 heteroatoms. The van der Waals surface area contributed by atoms with Gasteiger partial charge in [0.15, 0.2) is 5.72 Å². The maximum atomic E-state index is 12.8. The van der Waals surface area contributed by atoms with Crippen molar-refractivity contribution in [1.82, 2.24) is 9.21 Å². The van der Waals surface area contributed by atoms with E-state index < -0.39 is 33.5 Å². The Kier molecular flexibility index (Phi) is 6.23. The molecule has 0 aromatic heterocycles. The number of hydrogen-bond donors (Lipinski definition) is 0. The SMILES string of the molecule is C[C@@H]1N(S(C)(=O)=O)CCN(C(=O)OC(C)(C)C)[C@]1(C)OCc1ccccc1. The number of piperazine rings is 1. The molecule has 152 valence electrons. The molecule has 7 nitrogen and oxygen atoms in total. The molecule has 1 aromatic carbocycles. The van der Waals surface area contributed by atoms with E-state index in [1.165, 1.54) is 15.5 Å². The molecule has 0 spiro atoms. The van der Waals surface area contributed by atoms with Crippen LogP contribution in [0.25, 0.3) is 0 Å². The minimum absolute atomic E-state index is 0.192. The predicted molar refractivity (Wildman–Crippen MR) is 104 cm³/mol. The number of nitrogens with zero attached hydrogens (tertiary/aromatic N) is 2. The Morgan fingerprint density at radius 2 is 1.81 bits per heavy atom. The molecule has 1 aliphatic heterocycles. The van der Waals surface area contributed by atoms with Crippen LogP contribution in [-0.2, 0) is 26.1 Å². The molecule has 2 atom stereocenters. The van der Waals surface area contributed by atoms with E-state index in [0.717, 1.165) is 5.56 Å². The first-order valence-corrected chi connectivity index (χ1v) is 10.8. The number of ether oxygens (including phenoxy) is 2. The molecule has 0 unspecified atom stereocenters. The first-order chi connectivity index (χ1) is 12.3. The summed E-state index contributed by atoms with van der Waals surface area (Å²) in [5, 5.41) is 0. The summed E-state index contributed by atoms with van der Waals surface area (Å²) in [6.45, 7) is 9.51. The average molecular weight is 399 g/mol. The molecule has 2 rings (SSSR count). The molecule has 1 saturated heterocycles. The van der Waals surface area contributed by atoms with Crippen LogP contribution in [0.15, 0.2) is 30.3 Å². The third-order valence-electron chi connectivity index (χ3n) is 4.70. The van der Waals surface area contributed by atoms with Gasteiger partial charge >= 0.3 is 6.09 Å². The lowest BCUT2D eigenvalue weighted by atomic mass is 10.0. The summed E-state index contributed by atoms with van der Waals surface area (Å²) in [5.74, 6) is 0. The van der Waals surface area contributed by atoms with Crippen LogP contribution in [0.3, 0.4) is 0 Å². The van der Waals surface area contributed by atoms with E-state index in [9.17, 15) is 13.2 Å². The molecule has 1 amide bonds. The first kappa shape index (κ1) is 21.7. The highest BCUT2D eigenvalue weighted by Crippen LogP contribution is 2.33. The molecule has 1 fully saturated rings. The zero-order valence-corrected chi connectivity index (χ0v) is 17.7. The highest BCUT2D eigenvalue weighted by Gasteiger charge is 2.50. The van der Waals surface area contributed by atoms with E-state index >= 15 is 0 Å². The molecular formula is C19H30N2O5S. The summed E-state index contributed by atoms with van der Waals surface area (Å²) >= 11 is 0. The van der Waals surface area contributed by atoms with Gasteiger partial charge in [-0.15, -0.1) is 0 Å². The van der Waals surface area contributed by atoms with Crippen LogP contribution in [0.1, 0.15) is 40.2 Å². The molecule has 0 bridgehead atoms. The number of benzene rings is 1. The lowest BCUT2D eigenvalue weighted by molar-refractivity contribution is -0.189. The number of amides is 1. The molecule has 0 N–H and O–H groups in total. The van der Waals surface area contributed by atoms with Crippen LogP contribution < -0.4 is 0 Å². The van der Waals surface area contributed by atoms with Crippen LogP contribution in [0.2, 0.25) is 0 Å². The van der Waals surface area contributed by atoms with Gasteiger partial charge in [0.05, 0.1) is 18.9 Å². The fourth-order valence-corrected chi connectivity index (χ4v) is 4.34. The van der Waals surface area contributed by atoms with Gasteiger partial charge in [-0.25, -0.2) is 13.2 Å². The van der Waals surface area contributed by atoms with Crippen LogP contribution in [-0.4, -0.2) is 60.4 Å². The summed E-state index contributed by atoms with van der Waals surface area (Å²) in [5.41, 5.74) is -0.889. The Hall–Kier alpha value is -1.64. The third-order valence-corrected chi connectivity index (χ3v) is 6.05. The molecule has 0 saturated carbocycles. The standard InChI is InChI=1S/C19H30N2O5S/c1-15-19(5,25-14-16-10-8-7-9-11-16)20(17(22)26-18(2,3)4)12-13-21(15)27(6,23)24/h7-11,15H,12-14H2,1-6H3/t15-,19+/m0/s1. The van der Waals surface area contributed by atoms with Crippen LogP contribution in [0, 0.1) is 0 Å². The number of hydrogen-bond acceptors (Lipinski definition) is 5. The van der Waals surface area contributed by atoms with Crippen molar-refractivity contribution in [2.75, 3.05) is 19.3 Å². The number of rotatable bonds is 4. The van der Waals surface area contributed by atoms with E-state index in [4.69, 9.17) is 9.47 Å². The highest BCUT2D eigenvalue weighted by molar-refractivity contribution is 7.88. The van der Waals surface area contributed by atoms with E-state index in [1.807, 2.05) is 30.3 Å². The lowest BCUT2D eigenvalue weighted by Crippen LogP contribution is -2.69. The fourth-order valence-electron chi connectivity index (χ4n) is 3.15. The van der Waals surface area contributed by atoms with Crippen molar-refractivity contribution < 1.29 is 22.7 Å². The van der Waals surface area contributed by atoms with Gasteiger partial charge < -0.3 is 9.47 Å². The second kappa shape index (κ2) is 7.77. The monoisotopic (exact) mass is 398 g/mol. The van der Waals surface area contributed by atoms with Gasteiger partial charge in [0.25, 0.3) is 0 Å². The summed E-state index contributed by atoms with van der Waals surface area (Å²) in [6, 6.07) is 8.98. The molecule has 1 aromatic rings. The lowest BCUT2D eigenvalue weighted by Gasteiger charge is -2.51. The van der Waals surface area contributed by atoms with Crippen LogP contribution in [0.5, 0.6) is 0 Å². The zero-order valence-electron chi connectivity index (χ0n) is 16.9. The van der Waals surface area contributed by atoms with Crippen molar-refractivity contribution in [3.63, 3.8) is 0 Å². The van der Waals surface area contributed by atoms with Gasteiger partial charge in [0.2, 0.25) is 10.0 Å². The molecule has 27 heavy (non-hydrogen) atoms. The normalized spacial score (nSPS) is 24.7. The van der Waals surface area contributed by atoms with Crippen LogP contribution in [0.4, 0.5) is 4.79 Å². The van der Waals surface area contributed by atoms with Crippen molar-refractivity contribution >= 4 is 16.1 Å². The Morgan fingerprint density at radius 1 is 1.22 bits per heavy atom. The van der Waals surface area contributed by atoms with E-state index in [0.29, 0.717) is 0 Å². The topological polar surface area (TPSA) is 76.2 Å². The summed E-state index contributed by atoms with van der Waals surface area (Å²) in [6.07, 6.45) is 0.655. The first-order valence-electron chi connectivity index (χ1n) is 9.00. The zero-order chi connectivity index (χ0) is 20.5. The number of sulfonamides is 1. The molecule has 0 aliphatic carbocycles. The van der Waals surface area contributed by atoms with Gasteiger partial charge in [-0.2, -0.15) is 4.31 Å². The fraction of sp³-hybridized carbons (Fsp3) is 0.632. The number of carbonyl (C=O) groups is 1. The minimum Gasteiger partial charge on any atom is -0.444 e. The Labute approximate surface area is 162 Å². The van der Waals surface area contributed by atoms with E-state index in [1.54, 1.807) is 34.6 Å². The molecule has 0 radical (unpaired) electrons. The smallest absolute Gasteiger partial charge is 0.412 e. The second-order valence-electron chi connectivity index (χ2n) is 8.01. The minimum atomic E-state index is -3.44. The third kappa shape index (κ3) is 5.21. The van der Waals surface area contributed by atoms with Crippen molar-refractivity contribution in [2.24, 2.45) is 0 Å². The second-order valence-corrected chi connectivity index (χ2v) is 9.95. The summed E-state index contributed by atoms with van der Waals surface area (Å²) in [7, 11) is -3.44. The van der Waals surface area contributed by atoms with Crippen molar-refractivity contribution in [1.29, 1.82) is 0 Å². The van der Waals surface area contributed by atoms with E-state index in [2.05, 4.69) is 0 Å². The van der Waals surface area contributed by atoms with Gasteiger partial charge in [-0.05, 0) is 40.2 Å². The molecule has 1 heterocycles. The Bertz CT molecular complexity index is 760. The average Bonchev–Trinajstić information content (AvgIpc) is 2.53. The Balaban J connectivity index is 2.32. The van der Waals surface area contributed by atoms with Crippen LogP contribution >= 0.6 is 0 Å². The quantitative estimate of drug-likeness (QED) is 0.779. The van der Waals surface area contributed by atoms with Gasteiger partial charge in [-0.3, -0.25) is 4.90 Å². The van der Waals surface area contributed by atoms with Crippen molar-refractivity contribution in [2.45, 2.75) is 58.6 Å². The largest absolute Gasteiger partial charge is 0.444 e. The van der Waals surface area contributed by atoms with Crippen molar-refractivity contribution in [3.05, 3.63) is 35.9 Å². The highest BCUT2D eigenvalue weighted by atomic mass is 32.2. The molecule has 1 aliphatic rings. The van der Waals surface area contributed by atoms with E-state index in [-0.39, 0.29) is 19.7 Å². The maximum Gasteiger partial charge on any atom is 0.412 e. The van der Waals surface area contributed by atoms with Gasteiger partial charge in [0, 0.05) is 13.1 Å². The summed E-state index contributed by atoms with van der Waals surface area (Å²) < 4.78 is 37.5. The number of carbonyl (C=O) groups excluding carboxylic acids is 1. The van der Waals surface area contributed by atoms with Crippen molar-refractivity contribution in [3.8, 4) is 0 Å². The Morgan fingerprint density at radius 3 is 2.33 bits per heavy atom. The van der Waals surface area contributed by atoms with Gasteiger partial charge in [-0.1, -0.05) is 30.3 Å². The summed E-state index contributed by atoms with van der Waals surface area (Å²) in [4.78, 5) is 14.3. The molecular weight excluding hydrogens is 368 g/mol. The predicted octanol–water partition coefficient (Wildman–Crippen LogP) is 2.82.